The molecule has 0 saturated heterocycles. The average molecular weight is 302 g/mol. The van der Waals surface area contributed by atoms with Gasteiger partial charge < -0.3 is 5.32 Å². The molecule has 0 fully saturated rings. The van der Waals surface area contributed by atoms with E-state index in [1.165, 1.54) is 11.8 Å². The van der Waals surface area contributed by atoms with Crippen LogP contribution in [0.4, 0.5) is 23.5 Å². The quantitative estimate of drug-likeness (QED) is 0.756. The van der Waals surface area contributed by atoms with Gasteiger partial charge in [0, 0.05) is 7.05 Å². The molecule has 6 nitrogen and oxygen atoms in total. The molecular formula is C8H10F4N4O2S. The minimum Gasteiger partial charge on any atom is -0.357 e. The molecular weight excluding hydrogens is 292 g/mol. The van der Waals surface area contributed by atoms with Crippen molar-refractivity contribution in [2.75, 3.05) is 18.9 Å². The largest absolute Gasteiger partial charge is 0.357 e. The van der Waals surface area contributed by atoms with Gasteiger partial charge >= 0.3 is 12.3 Å². The number of sulfonamides is 1. The van der Waals surface area contributed by atoms with Crippen molar-refractivity contribution in [3.05, 3.63) is 12.4 Å². The SMILES string of the molecule is CNc1ncc(S(=O)(=O)NCC(F)(F)C(F)F)cn1. The van der Waals surface area contributed by atoms with E-state index in [0.29, 0.717) is 0 Å². The summed E-state index contributed by atoms with van der Waals surface area (Å²) in [5.41, 5.74) is 0. The molecule has 1 heterocycles. The number of nitrogens with one attached hydrogen (secondary N) is 2. The van der Waals surface area contributed by atoms with Crippen molar-refractivity contribution >= 4 is 16.0 Å². The van der Waals surface area contributed by atoms with Gasteiger partial charge in [-0.3, -0.25) is 0 Å². The normalized spacial score (nSPS) is 12.7. The van der Waals surface area contributed by atoms with Crippen LogP contribution >= 0.6 is 0 Å². The number of aromatic nitrogens is 2. The minimum atomic E-state index is -4.45. The molecule has 0 amide bonds. The summed E-state index contributed by atoms with van der Waals surface area (Å²) in [4.78, 5) is 6.63. The lowest BCUT2D eigenvalue weighted by Gasteiger charge is -2.15. The summed E-state index contributed by atoms with van der Waals surface area (Å²) in [6.07, 6.45) is -2.23. The highest BCUT2D eigenvalue weighted by atomic mass is 32.2. The summed E-state index contributed by atoms with van der Waals surface area (Å²) in [5, 5.41) is 2.52. The van der Waals surface area contributed by atoms with E-state index in [2.05, 4.69) is 15.3 Å². The van der Waals surface area contributed by atoms with Crippen LogP contribution in [-0.4, -0.2) is 44.3 Å². The summed E-state index contributed by atoms with van der Waals surface area (Å²) in [6, 6.07) is 0. The summed E-state index contributed by atoms with van der Waals surface area (Å²) < 4.78 is 73.3. The lowest BCUT2D eigenvalue weighted by molar-refractivity contribution is -0.122. The van der Waals surface area contributed by atoms with Crippen LogP contribution in [0, 0.1) is 0 Å². The Morgan fingerprint density at radius 2 is 1.84 bits per heavy atom. The fourth-order valence-corrected chi connectivity index (χ4v) is 1.87. The van der Waals surface area contributed by atoms with E-state index >= 15 is 0 Å². The first-order chi connectivity index (χ1) is 8.69. The van der Waals surface area contributed by atoms with Gasteiger partial charge in [0.2, 0.25) is 16.0 Å². The zero-order valence-electron chi connectivity index (χ0n) is 9.57. The summed E-state index contributed by atoms with van der Waals surface area (Å²) in [5.74, 6) is -4.32. The van der Waals surface area contributed by atoms with Crippen molar-refractivity contribution in [1.29, 1.82) is 0 Å². The molecule has 1 aromatic heterocycles. The van der Waals surface area contributed by atoms with E-state index in [0.717, 1.165) is 12.4 Å². The molecule has 19 heavy (non-hydrogen) atoms. The fourth-order valence-electron chi connectivity index (χ4n) is 0.936. The van der Waals surface area contributed by atoms with Crippen LogP contribution in [0.15, 0.2) is 17.3 Å². The third-order valence-electron chi connectivity index (χ3n) is 1.98. The number of alkyl halides is 4. The highest BCUT2D eigenvalue weighted by molar-refractivity contribution is 7.89. The van der Waals surface area contributed by atoms with Crippen LogP contribution in [0.5, 0.6) is 0 Å². The molecule has 0 aliphatic rings. The smallest absolute Gasteiger partial charge is 0.320 e. The number of anilines is 1. The maximum Gasteiger partial charge on any atom is 0.320 e. The van der Waals surface area contributed by atoms with Crippen molar-refractivity contribution in [1.82, 2.24) is 14.7 Å². The highest BCUT2D eigenvalue weighted by Gasteiger charge is 2.41. The minimum absolute atomic E-state index is 0.122. The number of rotatable bonds is 6. The van der Waals surface area contributed by atoms with E-state index in [9.17, 15) is 26.0 Å². The lowest BCUT2D eigenvalue weighted by atomic mass is 10.4. The third kappa shape index (κ3) is 3.99. The monoisotopic (exact) mass is 302 g/mol. The number of halogens is 4. The van der Waals surface area contributed by atoms with E-state index in [-0.39, 0.29) is 5.95 Å². The predicted molar refractivity (Wildman–Crippen MR) is 57.7 cm³/mol. The Bertz CT molecular complexity index is 520. The van der Waals surface area contributed by atoms with Crippen LogP contribution < -0.4 is 10.0 Å². The molecule has 1 aromatic rings. The molecule has 0 aliphatic heterocycles. The Hall–Kier alpha value is -1.49. The van der Waals surface area contributed by atoms with Gasteiger partial charge in [-0.2, -0.15) is 8.78 Å². The first-order valence-corrected chi connectivity index (χ1v) is 6.33. The predicted octanol–water partition coefficient (Wildman–Crippen LogP) is 0.697. The first-order valence-electron chi connectivity index (χ1n) is 4.84. The maximum atomic E-state index is 12.6. The van der Waals surface area contributed by atoms with Crippen molar-refractivity contribution in [2.45, 2.75) is 17.2 Å². The van der Waals surface area contributed by atoms with Crippen molar-refractivity contribution in [3.8, 4) is 0 Å². The van der Waals surface area contributed by atoms with Crippen LogP contribution in [0.2, 0.25) is 0 Å². The number of hydrogen-bond donors (Lipinski definition) is 2. The molecule has 2 N–H and O–H groups in total. The maximum absolute atomic E-state index is 12.6. The molecule has 0 atom stereocenters. The molecule has 0 bridgehead atoms. The van der Waals surface area contributed by atoms with E-state index in [4.69, 9.17) is 0 Å². The topological polar surface area (TPSA) is 84.0 Å². The molecule has 1 rings (SSSR count). The van der Waals surface area contributed by atoms with Crippen LogP contribution in [0.1, 0.15) is 0 Å². The molecule has 11 heteroatoms. The van der Waals surface area contributed by atoms with Crippen molar-refractivity contribution < 1.29 is 26.0 Å². The summed E-state index contributed by atoms with van der Waals surface area (Å²) >= 11 is 0. The van der Waals surface area contributed by atoms with Gasteiger partial charge in [-0.1, -0.05) is 0 Å². The van der Waals surface area contributed by atoms with Gasteiger partial charge in [0.25, 0.3) is 0 Å². The van der Waals surface area contributed by atoms with Crippen LogP contribution in [0.25, 0.3) is 0 Å². The Balaban J connectivity index is 2.81. The van der Waals surface area contributed by atoms with Gasteiger partial charge in [0.15, 0.2) is 0 Å². The van der Waals surface area contributed by atoms with Gasteiger partial charge in [0.1, 0.15) is 4.90 Å². The van der Waals surface area contributed by atoms with Gasteiger partial charge in [-0.05, 0) is 0 Å². The molecule has 0 unspecified atom stereocenters. The molecule has 0 saturated carbocycles. The third-order valence-corrected chi connectivity index (χ3v) is 3.33. The Morgan fingerprint density at radius 1 is 1.32 bits per heavy atom. The Labute approximate surface area is 106 Å². The molecule has 108 valence electrons. The zero-order valence-corrected chi connectivity index (χ0v) is 10.4. The van der Waals surface area contributed by atoms with Gasteiger partial charge in [0.05, 0.1) is 18.9 Å². The molecule has 0 aromatic carbocycles. The highest BCUT2D eigenvalue weighted by Crippen LogP contribution is 2.22. The summed E-state index contributed by atoms with van der Waals surface area (Å²) in [6.45, 7) is -1.71. The molecule has 0 spiro atoms. The Kier molecular flexibility index (Phi) is 4.63. The summed E-state index contributed by atoms with van der Waals surface area (Å²) in [7, 11) is -2.88. The lowest BCUT2D eigenvalue weighted by Crippen LogP contribution is -2.41. The van der Waals surface area contributed by atoms with Gasteiger partial charge in [-0.25, -0.2) is 31.9 Å². The molecule has 0 aliphatic carbocycles. The Morgan fingerprint density at radius 3 is 2.26 bits per heavy atom. The average Bonchev–Trinajstić information content (AvgIpc) is 2.36. The fraction of sp³-hybridized carbons (Fsp3) is 0.500. The second kappa shape index (κ2) is 5.65. The zero-order chi connectivity index (χ0) is 14.7. The number of nitrogens with zero attached hydrogens (tertiary/aromatic N) is 2. The van der Waals surface area contributed by atoms with E-state index in [1.54, 1.807) is 0 Å². The standard InChI is InChI=1S/C8H10F4N4O2S/c1-13-7-14-2-5(3-15-7)19(17,18)16-4-8(11,12)6(9)10/h2-3,6,16H,4H2,1H3,(H,13,14,15). The van der Waals surface area contributed by atoms with Crippen molar-refractivity contribution in [3.63, 3.8) is 0 Å². The second-order valence-corrected chi connectivity index (χ2v) is 5.15. The number of hydrogen-bond acceptors (Lipinski definition) is 5. The van der Waals surface area contributed by atoms with Crippen molar-refractivity contribution in [2.24, 2.45) is 0 Å². The van der Waals surface area contributed by atoms with Gasteiger partial charge in [-0.15, -0.1) is 0 Å². The van der Waals surface area contributed by atoms with Crippen LogP contribution in [0.3, 0.4) is 0 Å². The van der Waals surface area contributed by atoms with E-state index in [1.807, 2.05) is 0 Å². The van der Waals surface area contributed by atoms with E-state index < -0.39 is 33.8 Å². The second-order valence-electron chi connectivity index (χ2n) is 3.38. The molecule has 0 radical (unpaired) electrons. The first kappa shape index (κ1) is 15.6. The van der Waals surface area contributed by atoms with Crippen LogP contribution in [-0.2, 0) is 10.0 Å².